The van der Waals surface area contributed by atoms with Crippen molar-refractivity contribution in [2.75, 3.05) is 11.9 Å². The number of anilines is 1. The molecule has 0 unspecified atom stereocenters. The lowest BCUT2D eigenvalue weighted by atomic mass is 10.2. The quantitative estimate of drug-likeness (QED) is 0.835. The van der Waals surface area contributed by atoms with Crippen molar-refractivity contribution in [3.63, 3.8) is 0 Å². The molecule has 0 aliphatic rings. The van der Waals surface area contributed by atoms with Crippen LogP contribution in [0.15, 0.2) is 30.6 Å². The molecule has 0 saturated carbocycles. The Morgan fingerprint density at radius 1 is 1.40 bits per heavy atom. The molecule has 0 saturated heterocycles. The van der Waals surface area contributed by atoms with Crippen molar-refractivity contribution < 1.29 is 9.90 Å². The molecule has 6 heteroatoms. The average molecular weight is 287 g/mol. The number of nitrogens with zero attached hydrogens (tertiary/aromatic N) is 2. The summed E-state index contributed by atoms with van der Waals surface area (Å²) in [5, 5.41) is 11.9. The highest BCUT2D eigenvalue weighted by Crippen LogP contribution is 2.17. The van der Waals surface area contributed by atoms with Crippen molar-refractivity contribution in [2.24, 2.45) is 0 Å². The number of carbonyl (C=O) groups excluding carboxylic acids is 1. The SMILES string of the molecule is O=C(Cc1ccccn1)Nc1ncc(C#CCCO)s1. The maximum atomic E-state index is 11.8. The van der Waals surface area contributed by atoms with Gasteiger partial charge in [0.15, 0.2) is 5.13 Å². The zero-order valence-corrected chi connectivity index (χ0v) is 11.5. The van der Waals surface area contributed by atoms with E-state index in [0.717, 1.165) is 4.88 Å². The van der Waals surface area contributed by atoms with Gasteiger partial charge in [0, 0.05) is 18.3 Å². The molecule has 102 valence electrons. The number of rotatable bonds is 4. The molecule has 0 radical (unpaired) electrons. The van der Waals surface area contributed by atoms with Gasteiger partial charge in [0.05, 0.1) is 24.1 Å². The van der Waals surface area contributed by atoms with Crippen LogP contribution >= 0.6 is 11.3 Å². The Morgan fingerprint density at radius 2 is 2.30 bits per heavy atom. The fourth-order valence-electron chi connectivity index (χ4n) is 1.43. The minimum Gasteiger partial charge on any atom is -0.395 e. The Bertz CT molecular complexity index is 629. The van der Waals surface area contributed by atoms with Crippen LogP contribution in [0, 0.1) is 11.8 Å². The van der Waals surface area contributed by atoms with Gasteiger partial charge in [-0.15, -0.1) is 0 Å². The molecule has 2 rings (SSSR count). The minimum atomic E-state index is -0.159. The normalized spacial score (nSPS) is 9.65. The molecule has 0 atom stereocenters. The molecule has 2 aromatic heterocycles. The summed E-state index contributed by atoms with van der Waals surface area (Å²) in [6.45, 7) is 0.0411. The van der Waals surface area contributed by atoms with Gasteiger partial charge in [-0.05, 0) is 12.1 Å². The third-order valence-electron chi connectivity index (χ3n) is 2.27. The van der Waals surface area contributed by atoms with Gasteiger partial charge in [-0.2, -0.15) is 0 Å². The largest absolute Gasteiger partial charge is 0.395 e. The molecular weight excluding hydrogens is 274 g/mol. The highest BCUT2D eigenvalue weighted by molar-refractivity contribution is 7.16. The minimum absolute atomic E-state index is 0.0411. The molecule has 0 spiro atoms. The van der Waals surface area contributed by atoms with Crippen molar-refractivity contribution in [2.45, 2.75) is 12.8 Å². The molecule has 1 amide bonds. The van der Waals surface area contributed by atoms with E-state index in [4.69, 9.17) is 5.11 Å². The predicted molar refractivity (Wildman–Crippen MR) is 77.3 cm³/mol. The first-order valence-corrected chi connectivity index (χ1v) is 6.85. The van der Waals surface area contributed by atoms with Crippen molar-refractivity contribution in [3.8, 4) is 11.8 Å². The lowest BCUT2D eigenvalue weighted by molar-refractivity contribution is -0.115. The van der Waals surface area contributed by atoms with E-state index in [0.29, 0.717) is 17.2 Å². The van der Waals surface area contributed by atoms with Crippen LogP contribution in [0.4, 0.5) is 5.13 Å². The predicted octanol–water partition coefficient (Wildman–Crippen LogP) is 1.45. The van der Waals surface area contributed by atoms with Gasteiger partial charge in [-0.25, -0.2) is 4.98 Å². The smallest absolute Gasteiger partial charge is 0.232 e. The third kappa shape index (κ3) is 4.46. The molecule has 2 heterocycles. The Balaban J connectivity index is 1.90. The maximum Gasteiger partial charge on any atom is 0.232 e. The van der Waals surface area contributed by atoms with Crippen LogP contribution in [-0.2, 0) is 11.2 Å². The summed E-state index contributed by atoms with van der Waals surface area (Å²) in [6, 6.07) is 5.45. The second-order valence-electron chi connectivity index (χ2n) is 3.85. The fraction of sp³-hybridized carbons (Fsp3) is 0.214. The molecular formula is C14H13N3O2S. The van der Waals surface area contributed by atoms with Gasteiger partial charge in [-0.1, -0.05) is 29.2 Å². The summed E-state index contributed by atoms with van der Waals surface area (Å²) in [5.41, 5.74) is 0.713. The summed E-state index contributed by atoms with van der Waals surface area (Å²) in [4.78, 5) is 20.7. The molecule has 5 nitrogen and oxygen atoms in total. The first kappa shape index (κ1) is 14.2. The molecule has 0 aromatic carbocycles. The van der Waals surface area contributed by atoms with Gasteiger partial charge >= 0.3 is 0 Å². The van der Waals surface area contributed by atoms with Gasteiger partial charge < -0.3 is 10.4 Å². The highest BCUT2D eigenvalue weighted by Gasteiger charge is 2.07. The number of carbonyl (C=O) groups is 1. The second-order valence-corrected chi connectivity index (χ2v) is 4.88. The molecule has 20 heavy (non-hydrogen) atoms. The summed E-state index contributed by atoms with van der Waals surface area (Å²) < 4.78 is 0. The molecule has 0 aliphatic carbocycles. The highest BCUT2D eigenvalue weighted by atomic mass is 32.1. The monoisotopic (exact) mass is 287 g/mol. The number of aliphatic hydroxyl groups excluding tert-OH is 1. The Labute approximate surface area is 120 Å². The molecule has 0 fully saturated rings. The third-order valence-corrected chi connectivity index (χ3v) is 3.10. The van der Waals surface area contributed by atoms with Crippen LogP contribution < -0.4 is 5.32 Å². The van der Waals surface area contributed by atoms with Crippen molar-refractivity contribution in [1.82, 2.24) is 9.97 Å². The lowest BCUT2D eigenvalue weighted by Crippen LogP contribution is -2.14. The van der Waals surface area contributed by atoms with E-state index in [-0.39, 0.29) is 18.9 Å². The number of amides is 1. The standard InChI is InChI=1S/C14H13N3O2S/c18-8-4-2-6-12-10-16-14(20-12)17-13(19)9-11-5-1-3-7-15-11/h1,3,5,7,10,18H,4,8-9H2,(H,16,17,19). The van der Waals surface area contributed by atoms with E-state index in [1.807, 2.05) is 6.07 Å². The van der Waals surface area contributed by atoms with E-state index in [1.165, 1.54) is 11.3 Å². The molecule has 0 aliphatic heterocycles. The van der Waals surface area contributed by atoms with Crippen LogP contribution in [0.25, 0.3) is 0 Å². The second kappa shape index (κ2) is 7.38. The van der Waals surface area contributed by atoms with E-state index in [1.54, 1.807) is 24.5 Å². The van der Waals surface area contributed by atoms with Gasteiger partial charge in [0.25, 0.3) is 0 Å². The number of hydrogen-bond donors (Lipinski definition) is 2. The topological polar surface area (TPSA) is 75.1 Å². The van der Waals surface area contributed by atoms with Crippen molar-refractivity contribution in [3.05, 3.63) is 41.2 Å². The number of thiazole rings is 1. The Hall–Kier alpha value is -2.23. The lowest BCUT2D eigenvalue weighted by Gasteiger charge is -2.00. The van der Waals surface area contributed by atoms with Gasteiger partial charge in [-0.3, -0.25) is 9.78 Å². The first-order valence-electron chi connectivity index (χ1n) is 6.03. The fourth-order valence-corrected chi connectivity index (χ4v) is 2.13. The molecule has 0 bridgehead atoms. The number of pyridine rings is 1. The Morgan fingerprint density at radius 3 is 3.05 bits per heavy atom. The van der Waals surface area contributed by atoms with Crippen LogP contribution in [-0.4, -0.2) is 27.6 Å². The van der Waals surface area contributed by atoms with Crippen LogP contribution in [0.5, 0.6) is 0 Å². The van der Waals surface area contributed by atoms with Gasteiger partial charge in [0.2, 0.25) is 5.91 Å². The van der Waals surface area contributed by atoms with E-state index in [9.17, 15) is 4.79 Å². The number of hydrogen-bond acceptors (Lipinski definition) is 5. The zero-order valence-electron chi connectivity index (χ0n) is 10.7. The Kier molecular flexibility index (Phi) is 5.24. The van der Waals surface area contributed by atoms with Crippen molar-refractivity contribution >= 4 is 22.4 Å². The summed E-state index contributed by atoms with van der Waals surface area (Å²) in [6.07, 6.45) is 3.90. The number of nitrogens with one attached hydrogen (secondary N) is 1. The van der Waals surface area contributed by atoms with E-state index >= 15 is 0 Å². The number of aliphatic hydroxyl groups is 1. The molecule has 2 aromatic rings. The number of aromatic nitrogens is 2. The first-order chi connectivity index (χ1) is 9.78. The summed E-state index contributed by atoms with van der Waals surface area (Å²) >= 11 is 1.30. The summed E-state index contributed by atoms with van der Waals surface area (Å²) in [5.74, 6) is 5.52. The van der Waals surface area contributed by atoms with Crippen LogP contribution in [0.3, 0.4) is 0 Å². The average Bonchev–Trinajstić information content (AvgIpc) is 2.87. The maximum absolute atomic E-state index is 11.8. The van der Waals surface area contributed by atoms with Crippen molar-refractivity contribution in [1.29, 1.82) is 0 Å². The van der Waals surface area contributed by atoms with E-state index in [2.05, 4.69) is 27.1 Å². The molecule has 2 N–H and O–H groups in total. The van der Waals surface area contributed by atoms with Crippen LogP contribution in [0.1, 0.15) is 17.0 Å². The zero-order chi connectivity index (χ0) is 14.2. The van der Waals surface area contributed by atoms with E-state index < -0.39 is 0 Å². The summed E-state index contributed by atoms with van der Waals surface area (Å²) in [7, 11) is 0. The van der Waals surface area contributed by atoms with Gasteiger partial charge in [0.1, 0.15) is 0 Å². The van der Waals surface area contributed by atoms with Crippen LogP contribution in [0.2, 0.25) is 0 Å².